The van der Waals surface area contributed by atoms with Crippen molar-refractivity contribution >= 4 is 6.03 Å². The molecule has 1 saturated carbocycles. The van der Waals surface area contributed by atoms with Gasteiger partial charge in [-0.15, -0.1) is 0 Å². The average Bonchev–Trinajstić information content (AvgIpc) is 2.89. The van der Waals surface area contributed by atoms with E-state index < -0.39 is 72.4 Å². The predicted molar refractivity (Wildman–Crippen MR) is 142 cm³/mol. The first kappa shape index (κ1) is 32.8. The van der Waals surface area contributed by atoms with Crippen molar-refractivity contribution in [3.05, 3.63) is 11.8 Å². The lowest BCUT2D eigenvalue weighted by molar-refractivity contribution is -0.297. The number of carbonyl (C=O) groups is 1. The molecule has 2 aliphatic heterocycles. The fourth-order valence-corrected chi connectivity index (χ4v) is 5.71. The highest BCUT2D eigenvalue weighted by atomic mass is 16.7. The van der Waals surface area contributed by atoms with Gasteiger partial charge in [-0.2, -0.15) is 0 Å². The molecule has 0 aromatic carbocycles. The molecule has 0 spiro atoms. The van der Waals surface area contributed by atoms with Gasteiger partial charge in [0.1, 0.15) is 29.7 Å². The van der Waals surface area contributed by atoms with Gasteiger partial charge in [0.2, 0.25) is 0 Å². The van der Waals surface area contributed by atoms with E-state index in [1.54, 1.807) is 7.05 Å². The van der Waals surface area contributed by atoms with Crippen LogP contribution >= 0.6 is 0 Å². The van der Waals surface area contributed by atoms with Gasteiger partial charge in [0.05, 0.1) is 44.5 Å². The zero-order chi connectivity index (χ0) is 29.6. The first-order chi connectivity index (χ1) is 18.9. The number of rotatable bonds is 11. The quantitative estimate of drug-likeness (QED) is 0.0627. The minimum absolute atomic E-state index is 0.0199. The maximum atomic E-state index is 12.6. The number of carbonyl (C=O) groups excluding carboxylic acids is 1. The predicted octanol–water partition coefficient (Wildman–Crippen LogP) is -4.55. The second-order valence-corrected chi connectivity index (χ2v) is 10.9. The van der Waals surface area contributed by atoms with Crippen LogP contribution in [0.25, 0.3) is 0 Å². The van der Waals surface area contributed by atoms with Gasteiger partial charge >= 0.3 is 6.03 Å². The number of ether oxygens (including phenoxy) is 3. The normalized spacial score (nSPS) is 40.2. The van der Waals surface area contributed by atoms with Crippen molar-refractivity contribution < 1.29 is 44.6 Å². The average molecular weight is 578 g/mol. The summed E-state index contributed by atoms with van der Waals surface area (Å²) in [4.78, 5) is 12.6. The Labute approximate surface area is 233 Å². The number of hydrogen-bond acceptors (Lipinski definition) is 14. The summed E-state index contributed by atoms with van der Waals surface area (Å²) < 4.78 is 17.9. The number of nitrogens with one attached hydrogen (secondary N) is 3. The summed E-state index contributed by atoms with van der Waals surface area (Å²) >= 11 is 0. The van der Waals surface area contributed by atoms with Gasteiger partial charge in [-0.3, -0.25) is 5.21 Å². The van der Waals surface area contributed by atoms with Gasteiger partial charge in [0, 0.05) is 31.1 Å². The van der Waals surface area contributed by atoms with Crippen LogP contribution in [0, 0.1) is 5.92 Å². The third-order valence-electron chi connectivity index (χ3n) is 7.76. The maximum absolute atomic E-state index is 12.6. The van der Waals surface area contributed by atoms with Crippen LogP contribution in [-0.4, -0.2) is 144 Å². The number of urea groups is 1. The molecule has 0 bridgehead atoms. The molecule has 0 aromatic rings. The highest BCUT2D eigenvalue weighted by Gasteiger charge is 2.53. The highest BCUT2D eigenvalue weighted by Crippen LogP contribution is 2.36. The van der Waals surface area contributed by atoms with Crippen molar-refractivity contribution in [1.82, 2.24) is 21.0 Å². The zero-order valence-electron chi connectivity index (χ0n) is 23.1. The number of aliphatic hydroxyl groups is 4. The summed E-state index contributed by atoms with van der Waals surface area (Å²) in [5.74, 6) is -0.150. The van der Waals surface area contributed by atoms with E-state index in [2.05, 4.69) is 16.0 Å². The summed E-state index contributed by atoms with van der Waals surface area (Å²) in [6, 6.07) is -3.80. The van der Waals surface area contributed by atoms with Crippen LogP contribution in [-0.2, 0) is 14.2 Å². The van der Waals surface area contributed by atoms with E-state index in [-0.39, 0.29) is 32.7 Å². The topological polar surface area (TPSA) is 263 Å². The van der Waals surface area contributed by atoms with Crippen molar-refractivity contribution in [3.63, 3.8) is 0 Å². The molecular weight excluding hydrogens is 530 g/mol. The van der Waals surface area contributed by atoms with Crippen molar-refractivity contribution in [2.75, 3.05) is 46.4 Å². The molecule has 3 rings (SSSR count). The third-order valence-corrected chi connectivity index (χ3v) is 7.76. The lowest BCUT2D eigenvalue weighted by Gasteiger charge is -2.50. The Kier molecular flexibility index (Phi) is 11.9. The number of aliphatic hydroxyl groups excluding tert-OH is 3. The summed E-state index contributed by atoms with van der Waals surface area (Å²) in [6.45, 7) is 1.91. The number of nitrogens with zero attached hydrogens (tertiary/aromatic N) is 1. The molecular formula is C24H47N7O9. The molecule has 232 valence electrons. The standard InChI is InChI=1S/C24H47N7O9/c1-24(36)11-38-22(18(34)21(24)28-2)40-20-15(30-23(35)31(37)7-5-25)9-14(27)16(17(20)33)19-13(26)4-3-12(39-19)10-29-6-8-32/h3,13-22,28-29,32-34,36-37H,4-11,25-27H2,1-2H3,(H,30,35)/t13-,14+,15-,16?,17+,18-,19+,20+,21-,22-,24+/m1/s1. The lowest BCUT2D eigenvalue weighted by Crippen LogP contribution is -2.69. The Morgan fingerprint density at radius 1 is 1.27 bits per heavy atom. The Balaban J connectivity index is 1.85. The molecule has 2 amide bonds. The molecule has 1 saturated heterocycles. The van der Waals surface area contributed by atoms with Crippen LogP contribution in [0.5, 0.6) is 0 Å². The van der Waals surface area contributed by atoms with Crippen LogP contribution < -0.4 is 33.2 Å². The summed E-state index contributed by atoms with van der Waals surface area (Å²) in [7, 11) is 1.58. The highest BCUT2D eigenvalue weighted by molar-refractivity contribution is 5.73. The van der Waals surface area contributed by atoms with Crippen molar-refractivity contribution in [1.29, 1.82) is 0 Å². The number of amides is 2. The Hall–Kier alpha value is -1.67. The third kappa shape index (κ3) is 7.58. The molecule has 0 aromatic heterocycles. The minimum Gasteiger partial charge on any atom is -0.492 e. The first-order valence-corrected chi connectivity index (χ1v) is 13.6. The summed E-state index contributed by atoms with van der Waals surface area (Å²) in [5.41, 5.74) is 17.0. The number of likely N-dealkylation sites (N-methyl/N-ethyl adjacent to an activating group) is 1. The van der Waals surface area contributed by atoms with E-state index in [9.17, 15) is 25.3 Å². The zero-order valence-corrected chi connectivity index (χ0v) is 23.1. The largest absolute Gasteiger partial charge is 0.492 e. The molecule has 1 unspecified atom stereocenters. The van der Waals surface area contributed by atoms with Crippen LogP contribution in [0.3, 0.4) is 0 Å². The van der Waals surface area contributed by atoms with Gasteiger partial charge in [-0.25, -0.2) is 9.86 Å². The molecule has 1 aliphatic carbocycles. The Morgan fingerprint density at radius 2 is 2.00 bits per heavy atom. The molecule has 11 atom stereocenters. The van der Waals surface area contributed by atoms with E-state index >= 15 is 0 Å². The van der Waals surface area contributed by atoms with Crippen molar-refractivity contribution in [2.24, 2.45) is 23.1 Å². The van der Waals surface area contributed by atoms with Gasteiger partial charge in [-0.1, -0.05) is 0 Å². The van der Waals surface area contributed by atoms with Crippen LogP contribution in [0.2, 0.25) is 0 Å². The minimum atomic E-state index is -1.40. The van der Waals surface area contributed by atoms with E-state index in [1.165, 1.54) is 6.92 Å². The Bertz CT molecular complexity index is 854. The van der Waals surface area contributed by atoms with Gasteiger partial charge in [-0.05, 0) is 32.9 Å². The van der Waals surface area contributed by atoms with E-state index in [1.807, 2.05) is 6.08 Å². The van der Waals surface area contributed by atoms with E-state index in [0.717, 1.165) is 0 Å². The number of hydrogen-bond donors (Lipinski definition) is 11. The first-order valence-electron chi connectivity index (χ1n) is 13.6. The molecule has 2 heterocycles. The van der Waals surface area contributed by atoms with Crippen molar-refractivity contribution in [2.45, 2.75) is 80.2 Å². The van der Waals surface area contributed by atoms with Gasteiger partial charge in [0.15, 0.2) is 6.29 Å². The van der Waals surface area contributed by atoms with Gasteiger partial charge in [0.25, 0.3) is 0 Å². The number of hydroxylamine groups is 2. The smallest absolute Gasteiger partial charge is 0.341 e. The molecule has 16 heteroatoms. The molecule has 14 N–H and O–H groups in total. The van der Waals surface area contributed by atoms with Gasteiger partial charge < -0.3 is 67.8 Å². The molecule has 16 nitrogen and oxygen atoms in total. The van der Waals surface area contributed by atoms with Crippen LogP contribution in [0.4, 0.5) is 4.79 Å². The van der Waals surface area contributed by atoms with Crippen molar-refractivity contribution in [3.8, 4) is 0 Å². The lowest BCUT2D eigenvalue weighted by atomic mass is 9.72. The fraction of sp³-hybridized carbons (Fsp3) is 0.875. The summed E-state index contributed by atoms with van der Waals surface area (Å²) in [6.07, 6.45) is -3.42. The maximum Gasteiger partial charge on any atom is 0.341 e. The van der Waals surface area contributed by atoms with E-state index in [0.29, 0.717) is 30.3 Å². The summed E-state index contributed by atoms with van der Waals surface area (Å²) in [5, 5.41) is 61.3. The second-order valence-electron chi connectivity index (χ2n) is 10.9. The van der Waals surface area contributed by atoms with Crippen LogP contribution in [0.15, 0.2) is 11.8 Å². The molecule has 3 aliphatic rings. The SMILES string of the molecule is CN[C@@H]1[C@@H](O)[C@@H](O[C@H]2[C@H](NC(=O)N(O)CCN)C[C@H](N)C([C@H]3OC(CNCCO)=CC[C@H]3N)[C@@H]2O)OC[C@]1(C)O. The van der Waals surface area contributed by atoms with Crippen LogP contribution in [0.1, 0.15) is 19.8 Å². The Morgan fingerprint density at radius 3 is 2.65 bits per heavy atom. The monoisotopic (exact) mass is 577 g/mol. The molecule has 2 fully saturated rings. The number of nitrogens with two attached hydrogens (primary N) is 3. The molecule has 0 radical (unpaired) electrons. The van der Waals surface area contributed by atoms with E-state index in [4.69, 9.17) is 36.5 Å². The molecule has 40 heavy (non-hydrogen) atoms. The second kappa shape index (κ2) is 14.5. The fourth-order valence-electron chi connectivity index (χ4n) is 5.71.